The third kappa shape index (κ3) is 5.17. The van der Waals surface area contributed by atoms with E-state index in [1.807, 2.05) is 12.1 Å². The Morgan fingerprint density at radius 2 is 1.90 bits per heavy atom. The van der Waals surface area contributed by atoms with Crippen LogP contribution in [-0.4, -0.2) is 7.11 Å². The molecule has 146 valence electrons. The summed E-state index contributed by atoms with van der Waals surface area (Å²) >= 11 is 9.40. The average Bonchev–Trinajstić information content (AvgIpc) is 2.72. The second kappa shape index (κ2) is 9.60. The molecule has 0 saturated carbocycles. The Morgan fingerprint density at radius 3 is 2.55 bits per heavy atom. The second-order valence-corrected chi connectivity index (χ2v) is 7.39. The maximum absolute atomic E-state index is 14.1. The van der Waals surface area contributed by atoms with Gasteiger partial charge in [0.05, 0.1) is 23.2 Å². The third-order valence-corrected chi connectivity index (χ3v) is 4.98. The summed E-state index contributed by atoms with van der Waals surface area (Å²) in [6, 6.07) is 19.1. The summed E-state index contributed by atoms with van der Waals surface area (Å²) < 4.78 is 26.1. The van der Waals surface area contributed by atoms with Crippen LogP contribution in [0.2, 0.25) is 5.02 Å². The fourth-order valence-electron chi connectivity index (χ4n) is 2.72. The van der Waals surface area contributed by atoms with Crippen molar-refractivity contribution in [2.45, 2.75) is 6.61 Å². The van der Waals surface area contributed by atoms with Crippen molar-refractivity contribution in [3.05, 3.63) is 92.7 Å². The highest BCUT2D eigenvalue weighted by molar-refractivity contribution is 9.10. The molecule has 0 fully saturated rings. The van der Waals surface area contributed by atoms with E-state index >= 15 is 0 Å². The molecule has 0 aliphatic rings. The minimum Gasteiger partial charge on any atom is -0.493 e. The van der Waals surface area contributed by atoms with Gasteiger partial charge >= 0.3 is 0 Å². The minimum absolute atomic E-state index is 0.215. The van der Waals surface area contributed by atoms with E-state index in [0.717, 1.165) is 5.56 Å². The van der Waals surface area contributed by atoms with E-state index in [4.69, 9.17) is 21.1 Å². The van der Waals surface area contributed by atoms with Crippen molar-refractivity contribution in [2.75, 3.05) is 7.11 Å². The molecule has 0 heterocycles. The summed E-state index contributed by atoms with van der Waals surface area (Å²) in [5.74, 6) is 0.573. The normalized spacial score (nSPS) is 11.1. The molecule has 0 unspecified atom stereocenters. The molecule has 3 aromatic carbocycles. The Balaban J connectivity index is 1.90. The van der Waals surface area contributed by atoms with Crippen LogP contribution in [0, 0.1) is 17.1 Å². The maximum atomic E-state index is 14.1. The Bertz CT molecular complexity index is 1090. The largest absolute Gasteiger partial charge is 0.493 e. The number of hydrogen-bond acceptors (Lipinski definition) is 3. The molecule has 0 atom stereocenters. The van der Waals surface area contributed by atoms with Crippen LogP contribution in [0.5, 0.6) is 11.5 Å². The molecule has 0 saturated heterocycles. The minimum atomic E-state index is -0.450. The number of rotatable bonds is 6. The molecule has 0 aliphatic heterocycles. The highest BCUT2D eigenvalue weighted by Crippen LogP contribution is 2.38. The molecule has 0 amide bonds. The summed E-state index contributed by atoms with van der Waals surface area (Å²) in [5, 5.41) is 10.1. The molecular formula is C23H16BrClFNO2. The predicted molar refractivity (Wildman–Crippen MR) is 116 cm³/mol. The van der Waals surface area contributed by atoms with Crippen molar-refractivity contribution in [3.63, 3.8) is 0 Å². The van der Waals surface area contributed by atoms with Crippen LogP contribution < -0.4 is 9.47 Å². The Labute approximate surface area is 182 Å². The first kappa shape index (κ1) is 20.9. The highest BCUT2D eigenvalue weighted by atomic mass is 79.9. The van der Waals surface area contributed by atoms with E-state index in [9.17, 15) is 9.65 Å². The van der Waals surface area contributed by atoms with Gasteiger partial charge in [-0.3, -0.25) is 0 Å². The number of benzene rings is 3. The quantitative estimate of drug-likeness (QED) is 0.290. The van der Waals surface area contributed by atoms with Crippen LogP contribution in [0.3, 0.4) is 0 Å². The lowest BCUT2D eigenvalue weighted by molar-refractivity contribution is 0.282. The number of methoxy groups -OCH3 is 1. The molecule has 6 heteroatoms. The topological polar surface area (TPSA) is 42.2 Å². The zero-order valence-corrected chi connectivity index (χ0v) is 17.8. The fraction of sp³-hybridized carbons (Fsp3) is 0.0870. The number of halogens is 3. The van der Waals surface area contributed by atoms with Gasteiger partial charge in [-0.25, -0.2) is 4.39 Å². The Kier molecular flexibility index (Phi) is 6.92. The zero-order valence-electron chi connectivity index (χ0n) is 15.5. The first-order valence-corrected chi connectivity index (χ1v) is 9.80. The van der Waals surface area contributed by atoms with Gasteiger partial charge in [0.2, 0.25) is 0 Å². The van der Waals surface area contributed by atoms with Crippen LogP contribution >= 0.6 is 27.5 Å². The zero-order chi connectivity index (χ0) is 20.8. The molecule has 0 aliphatic carbocycles. The lowest BCUT2D eigenvalue weighted by Gasteiger charge is -2.14. The third-order valence-electron chi connectivity index (χ3n) is 4.14. The number of nitrogens with zero attached hydrogens (tertiary/aromatic N) is 1. The van der Waals surface area contributed by atoms with Crippen molar-refractivity contribution in [2.24, 2.45) is 0 Å². The van der Waals surface area contributed by atoms with Gasteiger partial charge in [0.25, 0.3) is 0 Å². The summed E-state index contributed by atoms with van der Waals surface area (Å²) in [4.78, 5) is 0. The second-order valence-electron chi connectivity index (χ2n) is 6.10. The van der Waals surface area contributed by atoms with E-state index in [-0.39, 0.29) is 11.1 Å². The number of allylic oxidation sites excluding steroid dienone is 1. The van der Waals surface area contributed by atoms with Crippen molar-refractivity contribution < 1.29 is 13.9 Å². The van der Waals surface area contributed by atoms with E-state index in [1.54, 1.807) is 48.5 Å². The van der Waals surface area contributed by atoms with E-state index < -0.39 is 5.82 Å². The highest BCUT2D eigenvalue weighted by Gasteiger charge is 2.13. The smallest absolute Gasteiger partial charge is 0.175 e. The Morgan fingerprint density at radius 1 is 1.17 bits per heavy atom. The molecular weight excluding hydrogens is 457 g/mol. The molecule has 0 aromatic heterocycles. The van der Waals surface area contributed by atoms with E-state index in [1.165, 1.54) is 13.2 Å². The van der Waals surface area contributed by atoms with E-state index in [0.29, 0.717) is 33.2 Å². The first-order chi connectivity index (χ1) is 14.0. The molecule has 0 radical (unpaired) electrons. The van der Waals surface area contributed by atoms with Gasteiger partial charge in [-0.2, -0.15) is 5.26 Å². The molecule has 0 spiro atoms. The van der Waals surface area contributed by atoms with Crippen LogP contribution in [0.15, 0.2) is 65.1 Å². The Hall–Kier alpha value is -2.81. The molecule has 29 heavy (non-hydrogen) atoms. The van der Waals surface area contributed by atoms with Crippen LogP contribution in [0.1, 0.15) is 16.7 Å². The molecule has 0 N–H and O–H groups in total. The standard InChI is InChI=1S/C23H16BrClFNO2/c1-28-22-12-16(10-17(13-27)19-4-2-3-5-21(19)26)11-20(24)23(22)29-14-15-6-8-18(25)9-7-15/h2-12H,14H2,1H3/b17-10-. The van der Waals surface area contributed by atoms with Gasteiger partial charge in [0.15, 0.2) is 11.5 Å². The molecule has 3 aromatic rings. The first-order valence-electron chi connectivity index (χ1n) is 8.63. The lowest BCUT2D eigenvalue weighted by atomic mass is 10.0. The van der Waals surface area contributed by atoms with Gasteiger partial charge in [-0.1, -0.05) is 41.9 Å². The summed E-state index contributed by atoms with van der Waals surface area (Å²) in [6.45, 7) is 0.333. The monoisotopic (exact) mass is 471 g/mol. The summed E-state index contributed by atoms with van der Waals surface area (Å²) in [7, 11) is 1.53. The van der Waals surface area contributed by atoms with Gasteiger partial charge < -0.3 is 9.47 Å². The van der Waals surface area contributed by atoms with Crippen LogP contribution in [0.4, 0.5) is 4.39 Å². The van der Waals surface area contributed by atoms with Gasteiger partial charge in [-0.05, 0) is 63.5 Å². The summed E-state index contributed by atoms with van der Waals surface area (Å²) in [6.07, 6.45) is 1.61. The maximum Gasteiger partial charge on any atom is 0.175 e. The predicted octanol–water partition coefficient (Wildman–Crippen LogP) is 6.89. The van der Waals surface area contributed by atoms with Crippen molar-refractivity contribution in [1.82, 2.24) is 0 Å². The molecule has 3 rings (SSSR count). The van der Waals surface area contributed by atoms with Crippen molar-refractivity contribution in [3.8, 4) is 17.6 Å². The summed E-state index contributed by atoms with van der Waals surface area (Å²) in [5.41, 5.74) is 2.09. The van der Waals surface area contributed by atoms with Crippen LogP contribution in [0.25, 0.3) is 11.6 Å². The molecule has 3 nitrogen and oxygen atoms in total. The van der Waals surface area contributed by atoms with Gasteiger partial charge in [0.1, 0.15) is 12.4 Å². The number of nitriles is 1. The fourth-order valence-corrected chi connectivity index (χ4v) is 3.42. The van der Waals surface area contributed by atoms with Gasteiger partial charge in [0, 0.05) is 10.6 Å². The van der Waals surface area contributed by atoms with Crippen molar-refractivity contribution >= 4 is 39.2 Å². The SMILES string of the molecule is COc1cc(/C=C(/C#N)c2ccccc2F)cc(Br)c1OCc1ccc(Cl)cc1. The van der Waals surface area contributed by atoms with E-state index in [2.05, 4.69) is 22.0 Å². The molecule has 0 bridgehead atoms. The van der Waals surface area contributed by atoms with Crippen molar-refractivity contribution in [1.29, 1.82) is 5.26 Å². The number of hydrogen-bond donors (Lipinski definition) is 0. The lowest BCUT2D eigenvalue weighted by Crippen LogP contribution is -1.99. The van der Waals surface area contributed by atoms with Gasteiger partial charge in [-0.15, -0.1) is 0 Å². The van der Waals surface area contributed by atoms with Crippen LogP contribution in [-0.2, 0) is 6.61 Å². The average molecular weight is 473 g/mol. The number of ether oxygens (including phenoxy) is 2.